The number of fused-ring (bicyclic) bond motifs is 1. The van der Waals surface area contributed by atoms with Crippen molar-refractivity contribution in [2.24, 2.45) is 11.7 Å². The first-order chi connectivity index (χ1) is 7.74. The Balaban J connectivity index is 1.86. The summed E-state index contributed by atoms with van der Waals surface area (Å²) in [6.07, 6.45) is 4.30. The highest BCUT2D eigenvalue weighted by Crippen LogP contribution is 2.33. The molecular formula is C12H19N3O. The third-order valence-electron chi connectivity index (χ3n) is 3.76. The second-order valence-electron chi connectivity index (χ2n) is 5.11. The van der Waals surface area contributed by atoms with Crippen molar-refractivity contribution < 1.29 is 4.74 Å². The lowest BCUT2D eigenvalue weighted by Gasteiger charge is -2.16. The molecule has 3 atom stereocenters. The summed E-state index contributed by atoms with van der Waals surface area (Å²) in [5.74, 6) is 1.59. The van der Waals surface area contributed by atoms with Gasteiger partial charge in [0.05, 0.1) is 5.69 Å². The van der Waals surface area contributed by atoms with E-state index in [0.717, 1.165) is 38.1 Å². The van der Waals surface area contributed by atoms with Gasteiger partial charge < -0.3 is 15.5 Å². The third kappa shape index (κ3) is 1.66. The Labute approximate surface area is 95.6 Å². The molecular weight excluding hydrogens is 202 g/mol. The van der Waals surface area contributed by atoms with Crippen LogP contribution in [0.1, 0.15) is 43.1 Å². The number of H-pyrrole nitrogens is 1. The Bertz CT molecular complexity index is 388. The van der Waals surface area contributed by atoms with Crippen LogP contribution < -0.4 is 5.73 Å². The molecule has 4 nitrogen and oxygen atoms in total. The summed E-state index contributed by atoms with van der Waals surface area (Å²) >= 11 is 0. The van der Waals surface area contributed by atoms with Crippen molar-refractivity contribution in [3.63, 3.8) is 0 Å². The van der Waals surface area contributed by atoms with E-state index in [-0.39, 0.29) is 6.10 Å². The molecule has 2 aliphatic rings. The van der Waals surface area contributed by atoms with Gasteiger partial charge >= 0.3 is 0 Å². The predicted molar refractivity (Wildman–Crippen MR) is 61.1 cm³/mol. The summed E-state index contributed by atoms with van der Waals surface area (Å²) in [7, 11) is 0. The van der Waals surface area contributed by atoms with E-state index in [2.05, 4.69) is 16.9 Å². The number of ether oxygens (including phenoxy) is 1. The predicted octanol–water partition coefficient (Wildman–Crippen LogP) is 1.32. The van der Waals surface area contributed by atoms with Crippen LogP contribution in [0.5, 0.6) is 0 Å². The number of nitrogens with one attached hydrogen (secondary N) is 1. The van der Waals surface area contributed by atoms with Crippen molar-refractivity contribution in [3.8, 4) is 0 Å². The highest BCUT2D eigenvalue weighted by atomic mass is 16.5. The van der Waals surface area contributed by atoms with Crippen molar-refractivity contribution in [2.75, 3.05) is 6.61 Å². The van der Waals surface area contributed by atoms with E-state index in [1.807, 2.05) is 0 Å². The number of nitrogens with two attached hydrogens (primary N) is 1. The van der Waals surface area contributed by atoms with Crippen LogP contribution in [0.25, 0.3) is 0 Å². The molecule has 1 aliphatic carbocycles. The van der Waals surface area contributed by atoms with Gasteiger partial charge in [0.25, 0.3) is 0 Å². The van der Waals surface area contributed by atoms with Crippen molar-refractivity contribution in [1.29, 1.82) is 0 Å². The van der Waals surface area contributed by atoms with E-state index >= 15 is 0 Å². The highest BCUT2D eigenvalue weighted by Gasteiger charge is 2.30. The zero-order chi connectivity index (χ0) is 11.1. The quantitative estimate of drug-likeness (QED) is 0.751. The molecule has 0 bridgehead atoms. The van der Waals surface area contributed by atoms with Gasteiger partial charge in [-0.25, -0.2) is 4.98 Å². The number of imidazole rings is 1. The molecule has 16 heavy (non-hydrogen) atoms. The average molecular weight is 221 g/mol. The van der Waals surface area contributed by atoms with Gasteiger partial charge in [0.1, 0.15) is 11.9 Å². The van der Waals surface area contributed by atoms with Crippen LogP contribution in [0, 0.1) is 5.92 Å². The molecule has 1 saturated heterocycles. The molecule has 3 rings (SSSR count). The fraction of sp³-hybridized carbons (Fsp3) is 0.750. The first-order valence-electron chi connectivity index (χ1n) is 6.19. The molecule has 1 fully saturated rings. The number of aromatic amines is 1. The van der Waals surface area contributed by atoms with Crippen molar-refractivity contribution in [1.82, 2.24) is 9.97 Å². The molecule has 3 N–H and O–H groups in total. The minimum absolute atomic E-state index is 0.168. The lowest BCUT2D eigenvalue weighted by molar-refractivity contribution is 0.0879. The molecule has 0 amide bonds. The molecule has 4 heteroatoms. The van der Waals surface area contributed by atoms with Crippen LogP contribution in [0.4, 0.5) is 0 Å². The number of rotatable bonds is 1. The SMILES string of the molecule is CC1CCOC1c1nc2c([nH]1)CC(N)CC2. The molecule has 88 valence electrons. The summed E-state index contributed by atoms with van der Waals surface area (Å²) < 4.78 is 5.73. The zero-order valence-corrected chi connectivity index (χ0v) is 9.70. The summed E-state index contributed by atoms with van der Waals surface area (Å²) in [5, 5.41) is 0. The summed E-state index contributed by atoms with van der Waals surface area (Å²) in [6, 6.07) is 0.294. The van der Waals surface area contributed by atoms with Crippen molar-refractivity contribution in [2.45, 2.75) is 44.8 Å². The maximum atomic E-state index is 5.96. The van der Waals surface area contributed by atoms with E-state index < -0.39 is 0 Å². The molecule has 0 spiro atoms. The fourth-order valence-corrected chi connectivity index (χ4v) is 2.71. The van der Waals surface area contributed by atoms with Crippen LogP contribution in [-0.4, -0.2) is 22.6 Å². The third-order valence-corrected chi connectivity index (χ3v) is 3.76. The van der Waals surface area contributed by atoms with Crippen molar-refractivity contribution in [3.05, 3.63) is 17.2 Å². The Kier molecular flexibility index (Phi) is 2.48. The van der Waals surface area contributed by atoms with Crippen LogP contribution in [0.3, 0.4) is 0 Å². The molecule has 0 saturated carbocycles. The van der Waals surface area contributed by atoms with Gasteiger partial charge in [0, 0.05) is 24.8 Å². The van der Waals surface area contributed by atoms with Gasteiger partial charge in [-0.3, -0.25) is 0 Å². The van der Waals surface area contributed by atoms with E-state index in [1.165, 1.54) is 11.4 Å². The normalized spacial score (nSPS) is 34.0. The van der Waals surface area contributed by atoms with Crippen molar-refractivity contribution >= 4 is 0 Å². The number of hydrogen-bond donors (Lipinski definition) is 2. The minimum Gasteiger partial charge on any atom is -0.370 e. The lowest BCUT2D eigenvalue weighted by Crippen LogP contribution is -2.27. The monoisotopic (exact) mass is 221 g/mol. The van der Waals surface area contributed by atoms with Crippen LogP contribution in [0.2, 0.25) is 0 Å². The van der Waals surface area contributed by atoms with E-state index in [1.54, 1.807) is 0 Å². The fourth-order valence-electron chi connectivity index (χ4n) is 2.71. The Morgan fingerprint density at radius 2 is 2.31 bits per heavy atom. The molecule has 0 aromatic carbocycles. The standard InChI is InChI=1S/C12H19N3O/c1-7-4-5-16-11(7)12-14-9-3-2-8(13)6-10(9)15-12/h7-8,11H,2-6,13H2,1H3,(H,14,15). The van der Waals surface area contributed by atoms with Gasteiger partial charge in [-0.15, -0.1) is 0 Å². The Morgan fingerprint density at radius 1 is 1.44 bits per heavy atom. The average Bonchev–Trinajstić information content (AvgIpc) is 2.82. The Hall–Kier alpha value is -0.870. The first kappa shape index (κ1) is 10.3. The topological polar surface area (TPSA) is 63.9 Å². The molecule has 2 heterocycles. The zero-order valence-electron chi connectivity index (χ0n) is 9.70. The summed E-state index contributed by atoms with van der Waals surface area (Å²) in [5.41, 5.74) is 8.40. The molecule has 0 radical (unpaired) electrons. The first-order valence-corrected chi connectivity index (χ1v) is 6.19. The molecule has 1 aromatic rings. The largest absolute Gasteiger partial charge is 0.370 e. The van der Waals surface area contributed by atoms with Gasteiger partial charge in [-0.1, -0.05) is 6.92 Å². The van der Waals surface area contributed by atoms with Crippen LogP contribution in [0.15, 0.2) is 0 Å². The molecule has 3 unspecified atom stereocenters. The van der Waals surface area contributed by atoms with Gasteiger partial charge in [-0.2, -0.15) is 0 Å². The highest BCUT2D eigenvalue weighted by molar-refractivity contribution is 5.20. The summed E-state index contributed by atoms with van der Waals surface area (Å²) in [6.45, 7) is 3.08. The minimum atomic E-state index is 0.168. The second-order valence-corrected chi connectivity index (χ2v) is 5.11. The Morgan fingerprint density at radius 3 is 3.06 bits per heavy atom. The smallest absolute Gasteiger partial charge is 0.136 e. The van der Waals surface area contributed by atoms with Gasteiger partial charge in [-0.05, 0) is 25.2 Å². The maximum Gasteiger partial charge on any atom is 0.136 e. The number of aryl methyl sites for hydroxylation is 1. The van der Waals surface area contributed by atoms with E-state index in [9.17, 15) is 0 Å². The molecule has 1 aromatic heterocycles. The summed E-state index contributed by atoms with van der Waals surface area (Å²) in [4.78, 5) is 8.10. The van der Waals surface area contributed by atoms with Gasteiger partial charge in [0.2, 0.25) is 0 Å². The van der Waals surface area contributed by atoms with E-state index in [4.69, 9.17) is 10.5 Å². The molecule has 1 aliphatic heterocycles. The van der Waals surface area contributed by atoms with Crippen LogP contribution in [-0.2, 0) is 17.6 Å². The second kappa shape index (κ2) is 3.86. The van der Waals surface area contributed by atoms with E-state index in [0.29, 0.717) is 12.0 Å². The lowest BCUT2D eigenvalue weighted by atomic mass is 9.97. The number of nitrogens with zero attached hydrogens (tertiary/aromatic N) is 1. The number of hydrogen-bond acceptors (Lipinski definition) is 3. The van der Waals surface area contributed by atoms with Gasteiger partial charge in [0.15, 0.2) is 0 Å². The number of aromatic nitrogens is 2. The maximum absolute atomic E-state index is 5.96. The van der Waals surface area contributed by atoms with Crippen LogP contribution >= 0.6 is 0 Å².